The quantitative estimate of drug-likeness (QED) is 0.623. The Balaban J connectivity index is 1.47. The molecule has 1 aromatic heterocycles. The van der Waals surface area contributed by atoms with Gasteiger partial charge in [-0.3, -0.25) is 9.36 Å². The topological polar surface area (TPSA) is 63.4 Å². The average Bonchev–Trinajstić information content (AvgIpc) is 3.35. The zero-order valence-electron chi connectivity index (χ0n) is 15.9. The van der Waals surface area contributed by atoms with E-state index in [1.165, 1.54) is 11.8 Å². The summed E-state index contributed by atoms with van der Waals surface area (Å²) in [7, 11) is 0. The number of amides is 1. The van der Waals surface area contributed by atoms with Crippen molar-refractivity contribution < 1.29 is 4.79 Å². The number of nitrogens with zero attached hydrogens (tertiary/aromatic N) is 5. The molecule has 0 N–H and O–H groups in total. The predicted octanol–water partition coefficient (Wildman–Crippen LogP) is 3.61. The Morgan fingerprint density at radius 2 is 1.79 bits per heavy atom. The molecule has 0 aliphatic carbocycles. The number of carbonyl (C=O) groups excluding carboxylic acids is 1. The number of hydrogen-bond donors (Lipinski definition) is 0. The van der Waals surface area contributed by atoms with Crippen molar-refractivity contribution in [3.63, 3.8) is 0 Å². The Kier molecular flexibility index (Phi) is 5.25. The minimum absolute atomic E-state index is 0.0204. The van der Waals surface area contributed by atoms with Crippen LogP contribution in [0.25, 0.3) is 5.69 Å². The maximum absolute atomic E-state index is 12.7. The van der Waals surface area contributed by atoms with Crippen LogP contribution in [0, 0.1) is 13.8 Å². The lowest BCUT2D eigenvalue weighted by molar-refractivity contribution is -0.127. The Morgan fingerprint density at radius 3 is 2.57 bits per heavy atom. The molecule has 4 rings (SSSR count). The van der Waals surface area contributed by atoms with E-state index >= 15 is 0 Å². The van der Waals surface area contributed by atoms with Crippen LogP contribution in [0.1, 0.15) is 23.4 Å². The van der Waals surface area contributed by atoms with Gasteiger partial charge in [0.1, 0.15) is 5.82 Å². The molecule has 0 atom stereocenters. The molecule has 2 aromatic carbocycles. The fraction of sp³-hybridized carbons (Fsp3) is 0.238. The highest BCUT2D eigenvalue weighted by Gasteiger charge is 2.22. The van der Waals surface area contributed by atoms with Gasteiger partial charge in [-0.1, -0.05) is 60.3 Å². The first-order valence-corrected chi connectivity index (χ1v) is 10.2. The van der Waals surface area contributed by atoms with Crippen LogP contribution in [-0.4, -0.2) is 43.7 Å². The van der Waals surface area contributed by atoms with Crippen LogP contribution in [-0.2, 0) is 4.79 Å². The standard InChI is InChI=1S/C21H21N5OS/c1-15-8-6-7-11-19(15)26-16(2)22-23-21(26)28-14-20(27)25-13-12-18(24-25)17-9-4-3-5-10-17/h3-11H,12-14H2,1-2H3. The van der Waals surface area contributed by atoms with Crippen LogP contribution in [0.3, 0.4) is 0 Å². The summed E-state index contributed by atoms with van der Waals surface area (Å²) in [5.74, 6) is 1.05. The molecule has 7 heteroatoms. The van der Waals surface area contributed by atoms with Crippen molar-refractivity contribution in [2.45, 2.75) is 25.4 Å². The molecule has 2 heterocycles. The molecule has 0 spiro atoms. The molecule has 0 bridgehead atoms. The normalized spacial score (nSPS) is 13.6. The SMILES string of the molecule is Cc1ccccc1-n1c(C)nnc1SCC(=O)N1CCC(c2ccccc2)=N1. The second kappa shape index (κ2) is 7.98. The Labute approximate surface area is 168 Å². The van der Waals surface area contributed by atoms with Crippen molar-refractivity contribution >= 4 is 23.4 Å². The number of carbonyl (C=O) groups is 1. The van der Waals surface area contributed by atoms with Crippen molar-refractivity contribution in [2.75, 3.05) is 12.3 Å². The van der Waals surface area contributed by atoms with Crippen LogP contribution in [0.15, 0.2) is 64.9 Å². The van der Waals surface area contributed by atoms with Gasteiger partial charge in [-0.05, 0) is 31.0 Å². The summed E-state index contributed by atoms with van der Waals surface area (Å²) in [6, 6.07) is 18.1. The molecule has 0 saturated heterocycles. The second-order valence-corrected chi connectivity index (χ2v) is 7.56. The number of hydrogen-bond acceptors (Lipinski definition) is 5. The predicted molar refractivity (Wildman–Crippen MR) is 111 cm³/mol. The van der Waals surface area contributed by atoms with Gasteiger partial charge in [0.2, 0.25) is 0 Å². The van der Waals surface area contributed by atoms with Crippen molar-refractivity contribution in [3.05, 3.63) is 71.5 Å². The fourth-order valence-electron chi connectivity index (χ4n) is 3.20. The van der Waals surface area contributed by atoms with E-state index in [0.29, 0.717) is 11.7 Å². The van der Waals surface area contributed by atoms with Crippen LogP contribution < -0.4 is 0 Å². The molecule has 142 valence electrons. The number of hydrazone groups is 1. The van der Waals surface area contributed by atoms with Gasteiger partial charge in [-0.15, -0.1) is 10.2 Å². The molecular weight excluding hydrogens is 370 g/mol. The largest absolute Gasteiger partial charge is 0.274 e. The third-order valence-corrected chi connectivity index (χ3v) is 5.59. The first-order valence-electron chi connectivity index (χ1n) is 9.17. The molecule has 1 amide bonds. The molecule has 0 radical (unpaired) electrons. The number of rotatable bonds is 5. The Bertz CT molecular complexity index is 1030. The fourth-order valence-corrected chi connectivity index (χ4v) is 4.06. The van der Waals surface area contributed by atoms with Gasteiger partial charge >= 0.3 is 0 Å². The van der Waals surface area contributed by atoms with Crippen molar-refractivity contribution in [2.24, 2.45) is 5.10 Å². The highest BCUT2D eigenvalue weighted by Crippen LogP contribution is 2.24. The third kappa shape index (κ3) is 3.71. The highest BCUT2D eigenvalue weighted by molar-refractivity contribution is 7.99. The molecular formula is C21H21N5OS. The molecule has 6 nitrogen and oxygen atoms in total. The zero-order valence-corrected chi connectivity index (χ0v) is 16.7. The van der Waals surface area contributed by atoms with Crippen LogP contribution >= 0.6 is 11.8 Å². The van der Waals surface area contributed by atoms with E-state index in [1.54, 1.807) is 5.01 Å². The van der Waals surface area contributed by atoms with Crippen molar-refractivity contribution in [1.82, 2.24) is 19.8 Å². The minimum Gasteiger partial charge on any atom is -0.274 e. The van der Waals surface area contributed by atoms with E-state index in [0.717, 1.165) is 34.8 Å². The molecule has 3 aromatic rings. The van der Waals surface area contributed by atoms with E-state index in [-0.39, 0.29) is 11.7 Å². The van der Waals surface area contributed by atoms with Crippen LogP contribution in [0.2, 0.25) is 0 Å². The number of benzene rings is 2. The molecule has 0 unspecified atom stereocenters. The summed E-state index contributed by atoms with van der Waals surface area (Å²) in [6.07, 6.45) is 0.777. The number of aryl methyl sites for hydroxylation is 2. The van der Waals surface area contributed by atoms with E-state index in [9.17, 15) is 4.79 Å². The Morgan fingerprint density at radius 1 is 1.04 bits per heavy atom. The van der Waals surface area contributed by atoms with E-state index < -0.39 is 0 Å². The van der Waals surface area contributed by atoms with E-state index in [2.05, 4.69) is 28.3 Å². The molecule has 1 aliphatic heterocycles. The summed E-state index contributed by atoms with van der Waals surface area (Å²) in [5, 5.41) is 15.3. The van der Waals surface area contributed by atoms with Gasteiger partial charge in [0, 0.05) is 6.42 Å². The Hall–Kier alpha value is -2.93. The summed E-state index contributed by atoms with van der Waals surface area (Å²) >= 11 is 1.39. The maximum Gasteiger partial charge on any atom is 0.253 e. The van der Waals surface area contributed by atoms with Crippen LogP contribution in [0.5, 0.6) is 0 Å². The maximum atomic E-state index is 12.7. The average molecular weight is 392 g/mol. The van der Waals surface area contributed by atoms with Gasteiger partial charge < -0.3 is 0 Å². The smallest absolute Gasteiger partial charge is 0.253 e. The lowest BCUT2D eigenvalue weighted by Crippen LogP contribution is -2.25. The molecule has 1 aliphatic rings. The summed E-state index contributed by atoms with van der Waals surface area (Å²) in [5.41, 5.74) is 4.19. The lowest BCUT2D eigenvalue weighted by Gasteiger charge is -2.13. The molecule has 0 fully saturated rings. The van der Waals surface area contributed by atoms with Gasteiger partial charge in [0.05, 0.1) is 23.7 Å². The van der Waals surface area contributed by atoms with Crippen molar-refractivity contribution in [3.8, 4) is 5.69 Å². The highest BCUT2D eigenvalue weighted by atomic mass is 32.2. The second-order valence-electron chi connectivity index (χ2n) is 6.62. The summed E-state index contributed by atoms with van der Waals surface area (Å²) in [6.45, 7) is 4.59. The monoisotopic (exact) mass is 391 g/mol. The van der Waals surface area contributed by atoms with Crippen LogP contribution in [0.4, 0.5) is 0 Å². The summed E-state index contributed by atoms with van der Waals surface area (Å²) in [4.78, 5) is 12.7. The van der Waals surface area contributed by atoms with E-state index in [4.69, 9.17) is 0 Å². The first-order chi connectivity index (χ1) is 13.6. The van der Waals surface area contributed by atoms with Gasteiger partial charge in [-0.25, -0.2) is 5.01 Å². The van der Waals surface area contributed by atoms with Gasteiger partial charge in [0.15, 0.2) is 5.16 Å². The van der Waals surface area contributed by atoms with Crippen molar-refractivity contribution in [1.29, 1.82) is 0 Å². The minimum atomic E-state index is -0.0204. The first kappa shape index (κ1) is 18.4. The van der Waals surface area contributed by atoms with Gasteiger partial charge in [-0.2, -0.15) is 5.10 Å². The number of thioether (sulfide) groups is 1. The number of aromatic nitrogens is 3. The zero-order chi connectivity index (χ0) is 19.5. The molecule has 0 saturated carbocycles. The lowest BCUT2D eigenvalue weighted by atomic mass is 10.1. The third-order valence-electron chi connectivity index (χ3n) is 4.67. The summed E-state index contributed by atoms with van der Waals surface area (Å²) < 4.78 is 2.00. The van der Waals surface area contributed by atoms with Gasteiger partial charge in [0.25, 0.3) is 5.91 Å². The van der Waals surface area contributed by atoms with E-state index in [1.807, 2.05) is 60.0 Å². The molecule has 28 heavy (non-hydrogen) atoms. The number of para-hydroxylation sites is 1.